The van der Waals surface area contributed by atoms with Crippen molar-refractivity contribution in [1.29, 1.82) is 0 Å². The maximum atomic E-state index is 12.8. The molecule has 0 saturated carbocycles. The van der Waals surface area contributed by atoms with Crippen molar-refractivity contribution in [3.8, 4) is 0 Å². The van der Waals surface area contributed by atoms with E-state index in [-0.39, 0.29) is 29.0 Å². The van der Waals surface area contributed by atoms with E-state index in [1.807, 2.05) is 30.3 Å². The molecule has 0 unspecified atom stereocenters. The van der Waals surface area contributed by atoms with Crippen LogP contribution in [0.3, 0.4) is 0 Å². The number of urea groups is 1. The Labute approximate surface area is 168 Å². The predicted octanol–water partition coefficient (Wildman–Crippen LogP) is 3.21. The van der Waals surface area contributed by atoms with Crippen molar-refractivity contribution in [1.82, 2.24) is 14.5 Å². The fraction of sp³-hybridized carbons (Fsp3) is 0.278. The lowest BCUT2D eigenvalue weighted by molar-refractivity contribution is 0.172. The second-order valence-corrected chi connectivity index (χ2v) is 8.86. The zero-order chi connectivity index (χ0) is 19.4. The molecular weight excluding hydrogens is 409 g/mol. The van der Waals surface area contributed by atoms with Gasteiger partial charge in [-0.1, -0.05) is 53.5 Å². The lowest BCUT2D eigenvalue weighted by Crippen LogP contribution is -2.53. The van der Waals surface area contributed by atoms with Gasteiger partial charge >= 0.3 is 6.03 Å². The number of carbonyl (C=O) groups is 1. The van der Waals surface area contributed by atoms with E-state index in [1.165, 1.54) is 22.5 Å². The highest BCUT2D eigenvalue weighted by Crippen LogP contribution is 2.28. The van der Waals surface area contributed by atoms with Gasteiger partial charge in [0.25, 0.3) is 0 Å². The minimum Gasteiger partial charge on any atom is -0.334 e. The molecule has 2 aromatic carbocycles. The summed E-state index contributed by atoms with van der Waals surface area (Å²) in [5.41, 5.74) is 1.00. The average molecular weight is 428 g/mol. The van der Waals surface area contributed by atoms with Gasteiger partial charge in [0.15, 0.2) is 0 Å². The van der Waals surface area contributed by atoms with E-state index >= 15 is 0 Å². The number of rotatable bonds is 4. The van der Waals surface area contributed by atoms with Crippen LogP contribution in [0.4, 0.5) is 4.79 Å². The molecule has 1 N–H and O–H groups in total. The topological polar surface area (TPSA) is 69.7 Å². The van der Waals surface area contributed by atoms with E-state index in [0.717, 1.165) is 5.56 Å². The van der Waals surface area contributed by atoms with Crippen molar-refractivity contribution in [3.63, 3.8) is 0 Å². The minimum atomic E-state index is -3.76. The molecule has 2 amide bonds. The first-order valence-electron chi connectivity index (χ1n) is 8.40. The Morgan fingerprint density at radius 1 is 1.00 bits per heavy atom. The number of hydrogen-bond donors (Lipinski definition) is 1. The Kier molecular flexibility index (Phi) is 6.26. The molecule has 27 heavy (non-hydrogen) atoms. The molecule has 1 saturated heterocycles. The van der Waals surface area contributed by atoms with Crippen LogP contribution in [-0.4, -0.2) is 49.8 Å². The number of halogens is 2. The minimum absolute atomic E-state index is 0.0151. The van der Waals surface area contributed by atoms with Crippen LogP contribution >= 0.6 is 23.2 Å². The second kappa shape index (κ2) is 8.48. The normalized spacial score (nSPS) is 15.6. The summed E-state index contributed by atoms with van der Waals surface area (Å²) in [6.45, 7) is 1.43. The number of hydrogen-bond acceptors (Lipinski definition) is 3. The average Bonchev–Trinajstić information content (AvgIpc) is 2.68. The maximum absolute atomic E-state index is 12.8. The van der Waals surface area contributed by atoms with E-state index in [1.54, 1.807) is 4.90 Å². The summed E-state index contributed by atoms with van der Waals surface area (Å²) in [6.07, 6.45) is 0. The van der Waals surface area contributed by atoms with Crippen molar-refractivity contribution in [2.24, 2.45) is 0 Å². The highest BCUT2D eigenvalue weighted by atomic mass is 35.5. The number of amides is 2. The second-order valence-electron chi connectivity index (χ2n) is 6.11. The first-order valence-corrected chi connectivity index (χ1v) is 10.6. The molecule has 1 aliphatic heterocycles. The third-order valence-corrected chi connectivity index (χ3v) is 6.94. The molecule has 0 radical (unpaired) electrons. The van der Waals surface area contributed by atoms with Crippen molar-refractivity contribution < 1.29 is 13.2 Å². The number of sulfonamides is 1. The van der Waals surface area contributed by atoms with Crippen LogP contribution in [0.5, 0.6) is 0 Å². The predicted molar refractivity (Wildman–Crippen MR) is 105 cm³/mol. The zero-order valence-corrected chi connectivity index (χ0v) is 16.8. The van der Waals surface area contributed by atoms with Crippen molar-refractivity contribution in [2.75, 3.05) is 26.2 Å². The molecule has 0 spiro atoms. The van der Waals surface area contributed by atoms with Gasteiger partial charge in [0.05, 0.1) is 5.02 Å². The summed E-state index contributed by atoms with van der Waals surface area (Å²) in [7, 11) is -3.76. The van der Waals surface area contributed by atoms with Gasteiger partial charge in [-0.25, -0.2) is 13.2 Å². The van der Waals surface area contributed by atoms with E-state index in [0.29, 0.717) is 24.7 Å². The summed E-state index contributed by atoms with van der Waals surface area (Å²) in [5, 5.41) is 3.28. The molecule has 9 heteroatoms. The molecule has 144 valence electrons. The number of carbonyl (C=O) groups excluding carboxylic acids is 1. The summed E-state index contributed by atoms with van der Waals surface area (Å²) in [6, 6.07) is 13.7. The molecule has 0 aromatic heterocycles. The maximum Gasteiger partial charge on any atom is 0.317 e. The number of nitrogens with one attached hydrogen (secondary N) is 1. The van der Waals surface area contributed by atoms with Crippen LogP contribution in [0, 0.1) is 0 Å². The van der Waals surface area contributed by atoms with Crippen molar-refractivity contribution in [2.45, 2.75) is 11.4 Å². The highest BCUT2D eigenvalue weighted by molar-refractivity contribution is 7.89. The summed E-state index contributed by atoms with van der Waals surface area (Å²) >= 11 is 11.9. The van der Waals surface area contributed by atoms with Gasteiger partial charge in [-0.3, -0.25) is 0 Å². The van der Waals surface area contributed by atoms with Crippen molar-refractivity contribution >= 4 is 39.3 Å². The Bertz CT molecular complexity index is 915. The smallest absolute Gasteiger partial charge is 0.317 e. The molecule has 0 bridgehead atoms. The third-order valence-electron chi connectivity index (χ3n) is 4.32. The van der Waals surface area contributed by atoms with Crippen molar-refractivity contribution in [3.05, 3.63) is 64.1 Å². The van der Waals surface area contributed by atoms with E-state index < -0.39 is 10.0 Å². The lowest BCUT2D eigenvalue weighted by Gasteiger charge is -2.34. The van der Waals surface area contributed by atoms with Crippen LogP contribution in [0.2, 0.25) is 10.0 Å². The Hall–Kier alpha value is -1.80. The Morgan fingerprint density at radius 2 is 1.67 bits per heavy atom. The van der Waals surface area contributed by atoms with Gasteiger partial charge in [-0.2, -0.15) is 4.31 Å². The van der Waals surface area contributed by atoms with Gasteiger partial charge in [0.1, 0.15) is 4.90 Å². The highest BCUT2D eigenvalue weighted by Gasteiger charge is 2.31. The van der Waals surface area contributed by atoms with Crippen LogP contribution in [0.15, 0.2) is 53.4 Å². The molecule has 1 fully saturated rings. The first-order chi connectivity index (χ1) is 12.9. The zero-order valence-electron chi connectivity index (χ0n) is 14.4. The van der Waals surface area contributed by atoms with Gasteiger partial charge in [-0.05, 0) is 23.8 Å². The van der Waals surface area contributed by atoms with E-state index in [9.17, 15) is 13.2 Å². The molecule has 1 heterocycles. The summed E-state index contributed by atoms with van der Waals surface area (Å²) in [5.74, 6) is 0. The molecule has 2 aromatic rings. The van der Waals surface area contributed by atoms with Crippen LogP contribution in [0.25, 0.3) is 0 Å². The fourth-order valence-corrected chi connectivity index (χ4v) is 4.99. The molecule has 0 aliphatic carbocycles. The Balaban J connectivity index is 1.59. The van der Waals surface area contributed by atoms with Gasteiger partial charge in [0.2, 0.25) is 10.0 Å². The standard InChI is InChI=1S/C18H19Cl2N3O3S/c19-15-6-7-16(20)17(12-15)27(25,26)23-10-8-22(9-11-23)18(24)21-13-14-4-2-1-3-5-14/h1-7,12H,8-11,13H2,(H,21,24). The SMILES string of the molecule is O=C(NCc1ccccc1)N1CCN(S(=O)(=O)c2cc(Cl)ccc2Cl)CC1. The quantitative estimate of drug-likeness (QED) is 0.813. The van der Waals surface area contributed by atoms with Gasteiger partial charge in [0, 0.05) is 37.7 Å². The number of benzene rings is 2. The van der Waals surface area contributed by atoms with Crippen LogP contribution in [-0.2, 0) is 16.6 Å². The number of nitrogens with zero attached hydrogens (tertiary/aromatic N) is 2. The van der Waals surface area contributed by atoms with Gasteiger partial charge < -0.3 is 10.2 Å². The van der Waals surface area contributed by atoms with E-state index in [2.05, 4.69) is 5.32 Å². The monoisotopic (exact) mass is 427 g/mol. The Morgan fingerprint density at radius 3 is 2.33 bits per heavy atom. The molecule has 3 rings (SSSR count). The van der Waals surface area contributed by atoms with Crippen LogP contribution < -0.4 is 5.32 Å². The molecule has 0 atom stereocenters. The summed E-state index contributed by atoms with van der Waals surface area (Å²) < 4.78 is 26.9. The lowest BCUT2D eigenvalue weighted by atomic mass is 10.2. The van der Waals surface area contributed by atoms with E-state index in [4.69, 9.17) is 23.2 Å². The number of piperazine rings is 1. The largest absolute Gasteiger partial charge is 0.334 e. The first kappa shape index (κ1) is 19.9. The summed E-state index contributed by atoms with van der Waals surface area (Å²) in [4.78, 5) is 13.9. The third kappa shape index (κ3) is 4.73. The fourth-order valence-electron chi connectivity index (χ4n) is 2.83. The molecular formula is C18H19Cl2N3O3S. The molecule has 6 nitrogen and oxygen atoms in total. The van der Waals surface area contributed by atoms with Crippen LogP contribution in [0.1, 0.15) is 5.56 Å². The molecule has 1 aliphatic rings. The van der Waals surface area contributed by atoms with Gasteiger partial charge in [-0.15, -0.1) is 0 Å².